The maximum Gasteiger partial charge on any atom is 0.200 e. The molecule has 2 aliphatic heterocycles. The molecule has 2 saturated heterocycles. The van der Waals surface area contributed by atoms with Gasteiger partial charge in [-0.05, 0) is 60.7 Å². The van der Waals surface area contributed by atoms with Crippen molar-refractivity contribution in [3.8, 4) is 0 Å². The average Bonchev–Trinajstić information content (AvgIpc) is 3.18. The van der Waals surface area contributed by atoms with Gasteiger partial charge in [-0.3, -0.25) is 24.2 Å². The molecule has 8 nitrogen and oxygen atoms in total. The monoisotopic (exact) mass is 658 g/mol. The molecule has 0 atom stereocenters. The van der Waals surface area contributed by atoms with Crippen LogP contribution in [-0.2, 0) is 0 Å². The maximum atomic E-state index is 13.6. The lowest BCUT2D eigenvalue weighted by Gasteiger charge is -2.36. The van der Waals surface area contributed by atoms with Crippen LogP contribution < -0.4 is 15.2 Å². The van der Waals surface area contributed by atoms with Gasteiger partial charge in [-0.25, -0.2) is 0 Å². The predicted molar refractivity (Wildman–Crippen MR) is 199 cm³/mol. The zero-order chi connectivity index (χ0) is 34.2. The number of para-hydroxylation sites is 2. The first-order chi connectivity index (χ1) is 24.0. The molecular weight excluding hydrogens is 612 g/mol. The van der Waals surface area contributed by atoms with Crippen LogP contribution in [0, 0.1) is 0 Å². The van der Waals surface area contributed by atoms with E-state index < -0.39 is 0 Å². The molecule has 2 aliphatic rings. The molecule has 49 heavy (non-hydrogen) atoms. The summed E-state index contributed by atoms with van der Waals surface area (Å²) in [6, 6.07) is 31.0. The molecule has 0 amide bonds. The second-order valence-corrected chi connectivity index (χ2v) is 12.5. The lowest BCUT2D eigenvalue weighted by atomic mass is 10.0. The Balaban J connectivity index is 0.00000205. The molecule has 0 radical (unpaired) electrons. The number of ketones is 2. The van der Waals surface area contributed by atoms with Gasteiger partial charge < -0.3 is 14.2 Å². The third kappa shape index (κ3) is 8.10. The van der Waals surface area contributed by atoms with E-state index in [2.05, 4.69) is 68.1 Å². The number of benzene rings is 4. The predicted octanol–water partition coefficient (Wildman–Crippen LogP) is 6.76. The molecule has 1 aromatic heterocycles. The molecule has 4 aromatic carbocycles. The van der Waals surface area contributed by atoms with E-state index >= 15 is 0 Å². The van der Waals surface area contributed by atoms with Crippen molar-refractivity contribution in [1.82, 2.24) is 9.80 Å². The van der Waals surface area contributed by atoms with E-state index in [1.165, 1.54) is 11.4 Å². The van der Waals surface area contributed by atoms with E-state index in [4.69, 9.17) is 4.42 Å². The normalized spacial score (nSPS) is 15.6. The highest BCUT2D eigenvalue weighted by molar-refractivity contribution is 6.02. The minimum atomic E-state index is -0.223. The number of anilines is 2. The summed E-state index contributed by atoms with van der Waals surface area (Å²) in [4.78, 5) is 49.4. The highest BCUT2D eigenvalue weighted by atomic mass is 16.3. The molecule has 0 N–H and O–H groups in total. The molecule has 0 saturated carbocycles. The van der Waals surface area contributed by atoms with Gasteiger partial charge in [0.05, 0.1) is 10.8 Å². The lowest BCUT2D eigenvalue weighted by molar-refractivity contribution is 0.0955. The van der Waals surface area contributed by atoms with E-state index in [0.29, 0.717) is 59.0 Å². The van der Waals surface area contributed by atoms with Crippen LogP contribution in [0.5, 0.6) is 0 Å². The highest BCUT2D eigenvalue weighted by Gasteiger charge is 2.21. The van der Waals surface area contributed by atoms with Crippen LogP contribution in [0.3, 0.4) is 0 Å². The van der Waals surface area contributed by atoms with Crippen LogP contribution >= 0.6 is 0 Å². The fourth-order valence-corrected chi connectivity index (χ4v) is 6.75. The summed E-state index contributed by atoms with van der Waals surface area (Å²) in [5.41, 5.74) is 4.12. The van der Waals surface area contributed by atoms with Gasteiger partial charge in [0.1, 0.15) is 11.2 Å². The van der Waals surface area contributed by atoms with Crippen molar-refractivity contribution in [1.29, 1.82) is 0 Å². The number of piperazine rings is 2. The number of fused-ring (bicyclic) bond motifs is 2. The number of hydrogen-bond donors (Lipinski definition) is 0. The van der Waals surface area contributed by atoms with Crippen molar-refractivity contribution >= 4 is 44.9 Å². The third-order valence-corrected chi connectivity index (χ3v) is 9.61. The summed E-state index contributed by atoms with van der Waals surface area (Å²) in [5.74, 6) is 0.0100. The molecule has 7 rings (SSSR count). The molecule has 2 fully saturated rings. The molecule has 0 bridgehead atoms. The van der Waals surface area contributed by atoms with Crippen molar-refractivity contribution in [2.24, 2.45) is 0 Å². The van der Waals surface area contributed by atoms with E-state index in [1.807, 2.05) is 26.0 Å². The molecule has 0 aliphatic carbocycles. The number of Topliss-reactive ketones (excluding diaryl/α,β-unsaturated/α-hetero) is 2. The molecule has 8 heteroatoms. The van der Waals surface area contributed by atoms with Crippen LogP contribution in [0.1, 0.15) is 47.4 Å². The van der Waals surface area contributed by atoms with Crippen LogP contribution in [0.15, 0.2) is 106 Å². The summed E-state index contributed by atoms with van der Waals surface area (Å²) < 4.78 is 6.05. The van der Waals surface area contributed by atoms with Crippen molar-refractivity contribution in [2.75, 3.05) is 75.2 Å². The number of rotatable bonds is 10. The summed E-state index contributed by atoms with van der Waals surface area (Å²) in [6.45, 7) is 12.7. The largest absolute Gasteiger partial charge is 0.456 e. The summed E-state index contributed by atoms with van der Waals surface area (Å²) in [7, 11) is 0. The quantitative estimate of drug-likeness (QED) is 0.120. The van der Waals surface area contributed by atoms with Crippen molar-refractivity contribution in [2.45, 2.75) is 26.7 Å². The molecule has 0 spiro atoms. The van der Waals surface area contributed by atoms with Gasteiger partial charge in [0.25, 0.3) is 0 Å². The van der Waals surface area contributed by atoms with Gasteiger partial charge in [0.2, 0.25) is 5.43 Å². The Morgan fingerprint density at radius 2 is 0.939 bits per heavy atom. The van der Waals surface area contributed by atoms with E-state index in [9.17, 15) is 14.4 Å². The maximum absolute atomic E-state index is 13.6. The standard InChI is InChI=1S/C39H40N4O4.C2H6/c44-35(15-17-40-19-23-42(24-20-40)31-7-3-1-4-8-31)29-11-13-37-33(27-29)39(46)34-28-30(12-14-38(34)47-37)36(45)16-18-41-21-25-43(26-22-41)32-9-5-2-6-10-32;1-2/h1-14,27-28H,15-26H2;1-2H3. The van der Waals surface area contributed by atoms with Crippen molar-refractivity contribution in [3.63, 3.8) is 0 Å². The number of carbonyl (C=O) groups excluding carboxylic acids is 2. The summed E-state index contributed by atoms with van der Waals surface area (Å²) in [5, 5.41) is 0.724. The molecule has 3 heterocycles. The zero-order valence-corrected chi connectivity index (χ0v) is 28.6. The van der Waals surface area contributed by atoms with Gasteiger partial charge in [0.15, 0.2) is 11.6 Å². The van der Waals surface area contributed by atoms with Crippen LogP contribution in [0.25, 0.3) is 21.9 Å². The minimum absolute atomic E-state index is 0.00502. The van der Waals surface area contributed by atoms with Crippen molar-refractivity contribution in [3.05, 3.63) is 118 Å². The number of hydrogen-bond acceptors (Lipinski definition) is 8. The second kappa shape index (κ2) is 16.1. The second-order valence-electron chi connectivity index (χ2n) is 12.5. The fourth-order valence-electron chi connectivity index (χ4n) is 6.75. The van der Waals surface area contributed by atoms with Gasteiger partial charge in [-0.15, -0.1) is 0 Å². The lowest BCUT2D eigenvalue weighted by Crippen LogP contribution is -2.46. The minimum Gasteiger partial charge on any atom is -0.456 e. The Labute approximate surface area is 288 Å². The molecule has 254 valence electrons. The van der Waals surface area contributed by atoms with Gasteiger partial charge in [-0.2, -0.15) is 0 Å². The fraction of sp³-hybridized carbons (Fsp3) is 0.341. The van der Waals surface area contributed by atoms with Crippen LogP contribution in [-0.4, -0.2) is 86.8 Å². The SMILES string of the molecule is CC.O=C(CCN1CCN(c2ccccc2)CC1)c1ccc2oc3ccc(C(=O)CCN4CCN(c5ccccc5)CC4)cc3c(=O)c2c1. The Morgan fingerprint density at radius 1 is 0.551 bits per heavy atom. The Kier molecular flexibility index (Phi) is 11.2. The zero-order valence-electron chi connectivity index (χ0n) is 28.6. The van der Waals surface area contributed by atoms with E-state index in [0.717, 1.165) is 52.4 Å². The molecular formula is C41H46N4O4. The third-order valence-electron chi connectivity index (χ3n) is 9.61. The summed E-state index contributed by atoms with van der Waals surface area (Å²) >= 11 is 0. The molecule has 5 aromatic rings. The first-order valence-corrected chi connectivity index (χ1v) is 17.6. The number of nitrogens with zero attached hydrogens (tertiary/aromatic N) is 4. The summed E-state index contributed by atoms with van der Waals surface area (Å²) in [6.07, 6.45) is 0.769. The molecule has 0 unspecified atom stereocenters. The first kappa shape index (κ1) is 34.1. The van der Waals surface area contributed by atoms with E-state index in [1.54, 1.807) is 36.4 Å². The Morgan fingerprint density at radius 3 is 1.33 bits per heavy atom. The smallest absolute Gasteiger partial charge is 0.200 e. The first-order valence-electron chi connectivity index (χ1n) is 17.6. The van der Waals surface area contributed by atoms with Gasteiger partial charge in [0, 0.05) is 101 Å². The Bertz CT molecular complexity index is 1790. The van der Waals surface area contributed by atoms with Gasteiger partial charge in [-0.1, -0.05) is 50.2 Å². The van der Waals surface area contributed by atoms with Crippen LogP contribution in [0.4, 0.5) is 11.4 Å². The van der Waals surface area contributed by atoms with Crippen molar-refractivity contribution < 1.29 is 14.0 Å². The topological polar surface area (TPSA) is 77.3 Å². The van der Waals surface area contributed by atoms with Crippen LogP contribution in [0.2, 0.25) is 0 Å². The number of carbonyl (C=O) groups is 2. The average molecular weight is 659 g/mol. The highest BCUT2D eigenvalue weighted by Crippen LogP contribution is 2.23. The van der Waals surface area contributed by atoms with E-state index in [-0.39, 0.29) is 17.0 Å². The van der Waals surface area contributed by atoms with Gasteiger partial charge >= 0.3 is 0 Å². The Hall–Kier alpha value is -4.79.